The van der Waals surface area contributed by atoms with Crippen LogP contribution in [0.1, 0.15) is 33.5 Å². The van der Waals surface area contributed by atoms with Gasteiger partial charge in [0, 0.05) is 13.1 Å². The van der Waals surface area contributed by atoms with Crippen molar-refractivity contribution in [1.29, 1.82) is 0 Å². The number of hydrogen-bond donors (Lipinski definition) is 3. The van der Waals surface area contributed by atoms with Crippen LogP contribution in [0.2, 0.25) is 0 Å². The minimum absolute atomic E-state index is 0.0484. The van der Waals surface area contributed by atoms with Gasteiger partial charge < -0.3 is 15.1 Å². The van der Waals surface area contributed by atoms with E-state index >= 15 is 0 Å². The fourth-order valence-electron chi connectivity index (χ4n) is 4.03. The zero-order chi connectivity index (χ0) is 29.7. The summed E-state index contributed by atoms with van der Waals surface area (Å²) in [5, 5.41) is 16.9. The predicted molar refractivity (Wildman–Crippen MR) is 143 cm³/mol. The number of nitrogens with one attached hydrogen (secondary N) is 1. The highest BCUT2D eigenvalue weighted by atomic mass is 32.2. The van der Waals surface area contributed by atoms with Crippen LogP contribution < -0.4 is 9.62 Å². The van der Waals surface area contributed by atoms with Crippen molar-refractivity contribution in [1.82, 2.24) is 4.98 Å². The molecule has 1 aliphatic rings. The Hall–Kier alpha value is -4.39. The Balaban J connectivity index is 0.000000559. The molecule has 4 rings (SSSR count). The summed E-state index contributed by atoms with van der Waals surface area (Å²) in [5.74, 6) is -3.60. The highest BCUT2D eigenvalue weighted by molar-refractivity contribution is 7.92. The number of rotatable bonds is 6. The number of pyridine rings is 1. The van der Waals surface area contributed by atoms with Crippen molar-refractivity contribution in [2.75, 3.05) is 22.7 Å². The Bertz CT molecular complexity index is 1560. The van der Waals surface area contributed by atoms with E-state index in [1.54, 1.807) is 25.1 Å². The number of hydrogen-bond acceptors (Lipinski definition) is 6. The van der Waals surface area contributed by atoms with Crippen molar-refractivity contribution < 1.29 is 41.4 Å². The molecule has 0 saturated carbocycles. The molecule has 9 nitrogen and oxygen atoms in total. The molecule has 0 spiro atoms. The molecule has 0 amide bonds. The Morgan fingerprint density at radius 3 is 2.12 bits per heavy atom. The van der Waals surface area contributed by atoms with Gasteiger partial charge in [-0.05, 0) is 54.7 Å². The Kier molecular flexibility index (Phi) is 9.20. The smallest absolute Gasteiger partial charge is 0.478 e. The van der Waals surface area contributed by atoms with Gasteiger partial charge in [0.2, 0.25) is 0 Å². The topological polar surface area (TPSA) is 137 Å². The van der Waals surface area contributed by atoms with Gasteiger partial charge in [-0.15, -0.1) is 0 Å². The van der Waals surface area contributed by atoms with E-state index in [0.717, 1.165) is 6.42 Å². The van der Waals surface area contributed by atoms with Gasteiger partial charge in [0.05, 0.1) is 16.8 Å². The van der Waals surface area contributed by atoms with Crippen LogP contribution in [0, 0.1) is 13.8 Å². The number of nitrogens with zero attached hydrogens (tertiary/aromatic N) is 2. The van der Waals surface area contributed by atoms with Gasteiger partial charge in [-0.3, -0.25) is 4.72 Å². The molecule has 0 atom stereocenters. The number of aryl methyl sites for hydroxylation is 2. The fraction of sp³-hybridized carbons (Fsp3) is 0.222. The van der Waals surface area contributed by atoms with Gasteiger partial charge in [0.1, 0.15) is 11.4 Å². The first kappa shape index (κ1) is 30.2. The van der Waals surface area contributed by atoms with Crippen molar-refractivity contribution in [3.63, 3.8) is 0 Å². The molecular formula is C27H26F3N3O6S. The monoisotopic (exact) mass is 577 g/mol. The molecule has 0 radical (unpaired) electrons. The maximum atomic E-state index is 12.8. The summed E-state index contributed by atoms with van der Waals surface area (Å²) in [6.07, 6.45) is -0.876. The van der Waals surface area contributed by atoms with Gasteiger partial charge in [-0.25, -0.2) is 23.0 Å². The van der Waals surface area contributed by atoms with Crippen LogP contribution in [0.5, 0.6) is 0 Å². The predicted octanol–water partition coefficient (Wildman–Crippen LogP) is 5.12. The summed E-state index contributed by atoms with van der Waals surface area (Å²) < 4.78 is 59.8. The lowest BCUT2D eigenvalue weighted by Gasteiger charge is -2.29. The van der Waals surface area contributed by atoms with E-state index in [0.29, 0.717) is 24.5 Å². The average molecular weight is 578 g/mol. The molecule has 0 saturated heterocycles. The number of carboxylic acid groups (broad SMARTS) is 2. The number of sulfonamides is 1. The van der Waals surface area contributed by atoms with E-state index in [2.05, 4.69) is 34.8 Å². The molecule has 1 aliphatic heterocycles. The molecule has 0 aliphatic carbocycles. The molecule has 2 heterocycles. The summed E-state index contributed by atoms with van der Waals surface area (Å²) in [5.41, 5.74) is 4.28. The minimum Gasteiger partial charge on any atom is -0.478 e. The molecule has 0 unspecified atom stereocenters. The van der Waals surface area contributed by atoms with E-state index in [1.165, 1.54) is 35.0 Å². The zero-order valence-corrected chi connectivity index (χ0v) is 22.3. The Morgan fingerprint density at radius 1 is 1.00 bits per heavy atom. The molecule has 3 aromatic rings. The minimum atomic E-state index is -5.08. The van der Waals surface area contributed by atoms with Crippen LogP contribution in [0.25, 0.3) is 5.57 Å². The maximum Gasteiger partial charge on any atom is 0.490 e. The van der Waals surface area contributed by atoms with Crippen LogP contribution >= 0.6 is 0 Å². The van der Waals surface area contributed by atoms with E-state index in [1.807, 2.05) is 17.0 Å². The number of aliphatic carboxylic acids is 1. The Labute approximate surface area is 228 Å². The average Bonchev–Trinajstić information content (AvgIpc) is 2.89. The third-order valence-electron chi connectivity index (χ3n) is 5.97. The van der Waals surface area contributed by atoms with Gasteiger partial charge >= 0.3 is 18.1 Å². The van der Waals surface area contributed by atoms with Crippen molar-refractivity contribution in [2.24, 2.45) is 0 Å². The quantitative estimate of drug-likeness (QED) is 0.367. The second kappa shape index (κ2) is 12.2. The van der Waals surface area contributed by atoms with Gasteiger partial charge in [0.25, 0.3) is 10.0 Å². The fourth-order valence-corrected chi connectivity index (χ4v) is 5.31. The van der Waals surface area contributed by atoms with Gasteiger partial charge in [-0.1, -0.05) is 48.5 Å². The number of aromatic carboxylic acids is 1. The lowest BCUT2D eigenvalue weighted by atomic mass is 9.95. The first-order valence-corrected chi connectivity index (χ1v) is 13.3. The van der Waals surface area contributed by atoms with Crippen molar-refractivity contribution in [3.8, 4) is 0 Å². The van der Waals surface area contributed by atoms with Crippen LogP contribution in [0.4, 0.5) is 24.7 Å². The SMILES string of the molecule is Cc1ccccc1C1=CCN(c2ncc(NS(=O)(=O)c3ccccc3C)cc2C(=O)O)CC1.O=C(O)C(F)(F)F. The molecule has 3 N–H and O–H groups in total. The summed E-state index contributed by atoms with van der Waals surface area (Å²) in [7, 11) is -3.87. The lowest BCUT2D eigenvalue weighted by molar-refractivity contribution is -0.192. The summed E-state index contributed by atoms with van der Waals surface area (Å²) >= 11 is 0. The lowest BCUT2D eigenvalue weighted by Crippen LogP contribution is -2.31. The van der Waals surface area contributed by atoms with E-state index in [9.17, 15) is 31.5 Å². The number of anilines is 2. The number of alkyl halides is 3. The van der Waals surface area contributed by atoms with Gasteiger partial charge in [-0.2, -0.15) is 13.2 Å². The summed E-state index contributed by atoms with van der Waals surface area (Å²) in [6.45, 7) is 4.91. The van der Waals surface area contributed by atoms with Crippen molar-refractivity contribution in [2.45, 2.75) is 31.3 Å². The van der Waals surface area contributed by atoms with Crippen LogP contribution in [-0.2, 0) is 14.8 Å². The van der Waals surface area contributed by atoms with E-state index in [-0.39, 0.29) is 16.1 Å². The number of carbonyl (C=O) groups is 2. The molecule has 0 fully saturated rings. The highest BCUT2D eigenvalue weighted by Crippen LogP contribution is 2.30. The molecule has 13 heteroatoms. The number of aromatic nitrogens is 1. The van der Waals surface area contributed by atoms with Crippen molar-refractivity contribution >= 4 is 39.0 Å². The van der Waals surface area contributed by atoms with Crippen LogP contribution in [0.15, 0.2) is 71.8 Å². The molecule has 0 bridgehead atoms. The molecular weight excluding hydrogens is 551 g/mol. The highest BCUT2D eigenvalue weighted by Gasteiger charge is 2.38. The Morgan fingerprint density at radius 2 is 1.60 bits per heavy atom. The van der Waals surface area contributed by atoms with E-state index < -0.39 is 28.1 Å². The summed E-state index contributed by atoms with van der Waals surface area (Å²) in [4.78, 5) is 27.2. The largest absolute Gasteiger partial charge is 0.490 e. The van der Waals surface area contributed by atoms with Crippen LogP contribution in [-0.4, -0.2) is 54.8 Å². The molecule has 1 aromatic heterocycles. The standard InChI is InChI=1S/C25H25N3O4S.C2HF3O2/c1-17-7-3-5-9-21(17)19-11-13-28(14-12-19)24-22(25(29)30)15-20(16-26-24)27-33(31,32)23-10-6-4-8-18(23)2;3-2(4,5)1(6)7/h3-11,15-16,27H,12-14H2,1-2H3,(H,29,30);(H,6,7). The second-order valence-corrected chi connectivity index (χ2v) is 10.5. The normalized spacial score (nSPS) is 13.5. The third-order valence-corrected chi connectivity index (χ3v) is 7.52. The van der Waals surface area contributed by atoms with Crippen LogP contribution in [0.3, 0.4) is 0 Å². The number of benzene rings is 2. The summed E-state index contributed by atoms with van der Waals surface area (Å²) in [6, 6.07) is 16.1. The molecule has 40 heavy (non-hydrogen) atoms. The number of halogens is 3. The van der Waals surface area contributed by atoms with Crippen molar-refractivity contribution in [3.05, 3.63) is 89.1 Å². The molecule has 2 aromatic carbocycles. The second-order valence-electron chi connectivity index (χ2n) is 8.81. The number of carboxylic acids is 2. The first-order valence-electron chi connectivity index (χ1n) is 11.8. The van der Waals surface area contributed by atoms with Gasteiger partial charge in [0.15, 0.2) is 0 Å². The zero-order valence-electron chi connectivity index (χ0n) is 21.4. The van der Waals surface area contributed by atoms with E-state index in [4.69, 9.17) is 9.90 Å². The first-order chi connectivity index (χ1) is 18.7. The maximum absolute atomic E-state index is 12.8. The molecule has 212 valence electrons. The third kappa shape index (κ3) is 7.38.